The molecule has 1 atom stereocenters. The Balaban J connectivity index is 2.40. The van der Waals surface area contributed by atoms with Crippen molar-refractivity contribution in [3.05, 3.63) is 0 Å². The second-order valence-electron chi connectivity index (χ2n) is 4.11. The Bertz CT molecular complexity index is 103. The van der Waals surface area contributed by atoms with Crippen molar-refractivity contribution in [3.63, 3.8) is 0 Å². The van der Waals surface area contributed by atoms with Crippen LogP contribution in [-0.4, -0.2) is 5.33 Å². The molecule has 1 fully saturated rings. The third kappa shape index (κ3) is 2.47. The van der Waals surface area contributed by atoms with Crippen LogP contribution in [0, 0.1) is 17.8 Å². The van der Waals surface area contributed by atoms with Crippen LogP contribution in [0.1, 0.15) is 39.5 Å². The van der Waals surface area contributed by atoms with Crippen molar-refractivity contribution >= 4 is 15.9 Å². The van der Waals surface area contributed by atoms with E-state index in [-0.39, 0.29) is 0 Å². The van der Waals surface area contributed by atoms with Gasteiger partial charge in [0.2, 0.25) is 0 Å². The summed E-state index contributed by atoms with van der Waals surface area (Å²) < 4.78 is 0. The second-order valence-corrected chi connectivity index (χ2v) is 4.75. The molecule has 0 radical (unpaired) electrons. The molecule has 1 heteroatoms. The molecule has 0 nitrogen and oxygen atoms in total. The Hall–Kier alpha value is 0.480. The summed E-state index contributed by atoms with van der Waals surface area (Å²) in [6.45, 7) is 4.70. The van der Waals surface area contributed by atoms with Crippen molar-refractivity contribution in [2.45, 2.75) is 39.5 Å². The lowest BCUT2D eigenvalue weighted by atomic mass is 9.84. The van der Waals surface area contributed by atoms with Gasteiger partial charge in [0, 0.05) is 5.33 Å². The van der Waals surface area contributed by atoms with E-state index in [1.54, 1.807) is 0 Å². The van der Waals surface area contributed by atoms with Gasteiger partial charge in [-0.05, 0) is 17.8 Å². The molecule has 0 bridgehead atoms. The Morgan fingerprint density at radius 3 is 2.18 bits per heavy atom. The average molecular weight is 219 g/mol. The predicted octanol–water partition coefficient (Wildman–Crippen LogP) is 3.84. The zero-order valence-corrected chi connectivity index (χ0v) is 9.23. The first kappa shape index (κ1) is 9.57. The number of hydrogen-bond donors (Lipinski definition) is 0. The van der Waals surface area contributed by atoms with Gasteiger partial charge in [-0.1, -0.05) is 55.5 Å². The standard InChI is InChI=1S/C10H19Br/c1-8(2)10(7-11)9-5-3-4-6-9/h8-10H,3-7H2,1-2H3. The first-order chi connectivity index (χ1) is 5.25. The van der Waals surface area contributed by atoms with E-state index < -0.39 is 0 Å². The number of alkyl halides is 1. The van der Waals surface area contributed by atoms with Gasteiger partial charge in [0.1, 0.15) is 0 Å². The number of rotatable bonds is 3. The van der Waals surface area contributed by atoms with E-state index >= 15 is 0 Å². The fraction of sp³-hybridized carbons (Fsp3) is 1.00. The smallest absolute Gasteiger partial charge is 0.00647 e. The van der Waals surface area contributed by atoms with Crippen LogP contribution in [0.15, 0.2) is 0 Å². The fourth-order valence-electron chi connectivity index (χ4n) is 2.23. The molecule has 0 spiro atoms. The molecule has 0 aromatic rings. The highest BCUT2D eigenvalue weighted by molar-refractivity contribution is 9.09. The minimum absolute atomic E-state index is 0.859. The Morgan fingerprint density at radius 1 is 1.27 bits per heavy atom. The van der Waals surface area contributed by atoms with Crippen LogP contribution in [0.3, 0.4) is 0 Å². The van der Waals surface area contributed by atoms with Crippen molar-refractivity contribution in [1.82, 2.24) is 0 Å². The molecule has 11 heavy (non-hydrogen) atoms. The molecule has 1 aliphatic carbocycles. The van der Waals surface area contributed by atoms with Gasteiger partial charge in [-0.25, -0.2) is 0 Å². The second kappa shape index (κ2) is 4.49. The zero-order chi connectivity index (χ0) is 8.27. The highest BCUT2D eigenvalue weighted by Crippen LogP contribution is 2.35. The van der Waals surface area contributed by atoms with Gasteiger partial charge in [-0.15, -0.1) is 0 Å². The van der Waals surface area contributed by atoms with Crippen LogP contribution in [0.4, 0.5) is 0 Å². The van der Waals surface area contributed by atoms with E-state index in [0.29, 0.717) is 0 Å². The van der Waals surface area contributed by atoms with Gasteiger partial charge in [-0.3, -0.25) is 0 Å². The SMILES string of the molecule is CC(C)C(CBr)C1CCCC1. The van der Waals surface area contributed by atoms with E-state index in [0.717, 1.165) is 17.8 Å². The van der Waals surface area contributed by atoms with Crippen LogP contribution in [-0.2, 0) is 0 Å². The van der Waals surface area contributed by atoms with E-state index in [9.17, 15) is 0 Å². The van der Waals surface area contributed by atoms with Crippen LogP contribution in [0.25, 0.3) is 0 Å². The van der Waals surface area contributed by atoms with Crippen LogP contribution < -0.4 is 0 Å². The van der Waals surface area contributed by atoms with Gasteiger partial charge in [0.15, 0.2) is 0 Å². The zero-order valence-electron chi connectivity index (χ0n) is 7.65. The van der Waals surface area contributed by atoms with Crippen molar-refractivity contribution < 1.29 is 0 Å². The van der Waals surface area contributed by atoms with Crippen molar-refractivity contribution in [2.75, 3.05) is 5.33 Å². The molecule has 0 amide bonds. The van der Waals surface area contributed by atoms with Gasteiger partial charge < -0.3 is 0 Å². The van der Waals surface area contributed by atoms with E-state index in [2.05, 4.69) is 29.8 Å². The number of hydrogen-bond acceptors (Lipinski definition) is 0. The summed E-state index contributed by atoms with van der Waals surface area (Å²) in [5, 5.41) is 1.20. The molecular formula is C10H19Br. The Morgan fingerprint density at radius 2 is 1.82 bits per heavy atom. The summed E-state index contributed by atoms with van der Waals surface area (Å²) in [6.07, 6.45) is 5.91. The van der Waals surface area contributed by atoms with Gasteiger partial charge in [-0.2, -0.15) is 0 Å². The molecule has 66 valence electrons. The minimum Gasteiger partial charge on any atom is -0.0925 e. The van der Waals surface area contributed by atoms with Crippen LogP contribution in [0.2, 0.25) is 0 Å². The lowest BCUT2D eigenvalue weighted by Crippen LogP contribution is -2.19. The van der Waals surface area contributed by atoms with Gasteiger partial charge >= 0.3 is 0 Å². The molecule has 1 aliphatic rings. The molecule has 0 aromatic carbocycles. The molecule has 1 rings (SSSR count). The summed E-state index contributed by atoms with van der Waals surface area (Å²) in [5.41, 5.74) is 0. The van der Waals surface area contributed by atoms with Crippen molar-refractivity contribution in [1.29, 1.82) is 0 Å². The summed E-state index contributed by atoms with van der Waals surface area (Å²) in [7, 11) is 0. The third-order valence-corrected chi connectivity index (χ3v) is 3.79. The Kier molecular flexibility index (Phi) is 3.91. The minimum atomic E-state index is 0.859. The highest BCUT2D eigenvalue weighted by atomic mass is 79.9. The quantitative estimate of drug-likeness (QED) is 0.632. The molecule has 0 saturated heterocycles. The maximum Gasteiger partial charge on any atom is 0.00647 e. The predicted molar refractivity (Wildman–Crippen MR) is 54.1 cm³/mol. The molecule has 0 aliphatic heterocycles. The van der Waals surface area contributed by atoms with Crippen molar-refractivity contribution in [2.24, 2.45) is 17.8 Å². The van der Waals surface area contributed by atoms with Crippen LogP contribution in [0.5, 0.6) is 0 Å². The first-order valence-corrected chi connectivity index (χ1v) is 5.93. The first-order valence-electron chi connectivity index (χ1n) is 4.81. The number of halogens is 1. The molecule has 0 heterocycles. The summed E-state index contributed by atoms with van der Waals surface area (Å²) in [6, 6.07) is 0. The van der Waals surface area contributed by atoms with E-state index in [1.807, 2.05) is 0 Å². The third-order valence-electron chi connectivity index (χ3n) is 3.04. The van der Waals surface area contributed by atoms with Gasteiger partial charge in [0.25, 0.3) is 0 Å². The highest BCUT2D eigenvalue weighted by Gasteiger charge is 2.25. The summed E-state index contributed by atoms with van der Waals surface area (Å²) >= 11 is 3.63. The summed E-state index contributed by atoms with van der Waals surface area (Å²) in [5.74, 6) is 2.81. The van der Waals surface area contributed by atoms with Crippen molar-refractivity contribution in [3.8, 4) is 0 Å². The molecule has 1 saturated carbocycles. The van der Waals surface area contributed by atoms with E-state index in [4.69, 9.17) is 0 Å². The lowest BCUT2D eigenvalue weighted by Gasteiger charge is -2.24. The molecule has 0 N–H and O–H groups in total. The maximum absolute atomic E-state index is 3.63. The average Bonchev–Trinajstić information content (AvgIpc) is 2.40. The lowest BCUT2D eigenvalue weighted by molar-refractivity contribution is 0.289. The summed E-state index contributed by atoms with van der Waals surface area (Å²) in [4.78, 5) is 0. The topological polar surface area (TPSA) is 0 Å². The largest absolute Gasteiger partial charge is 0.0925 e. The van der Waals surface area contributed by atoms with Crippen LogP contribution >= 0.6 is 15.9 Å². The fourth-order valence-corrected chi connectivity index (χ4v) is 3.51. The van der Waals surface area contributed by atoms with E-state index in [1.165, 1.54) is 31.0 Å². The maximum atomic E-state index is 3.63. The normalized spacial score (nSPS) is 22.9. The monoisotopic (exact) mass is 218 g/mol. The van der Waals surface area contributed by atoms with Gasteiger partial charge in [0.05, 0.1) is 0 Å². The molecular weight excluding hydrogens is 200 g/mol. The Labute approximate surface area is 78.9 Å². The molecule has 0 aromatic heterocycles. The molecule has 1 unspecified atom stereocenters.